The number of amides is 1. The third-order valence-corrected chi connectivity index (χ3v) is 4.81. The van der Waals surface area contributed by atoms with Gasteiger partial charge in [0.25, 0.3) is 0 Å². The van der Waals surface area contributed by atoms with Crippen LogP contribution in [0.25, 0.3) is 0 Å². The van der Waals surface area contributed by atoms with Crippen molar-refractivity contribution in [2.24, 2.45) is 10.7 Å². The summed E-state index contributed by atoms with van der Waals surface area (Å²) in [5.41, 5.74) is 5.34. The van der Waals surface area contributed by atoms with E-state index in [2.05, 4.69) is 16.9 Å². The van der Waals surface area contributed by atoms with Crippen molar-refractivity contribution in [1.29, 1.82) is 0 Å². The molecule has 26 heavy (non-hydrogen) atoms. The zero-order chi connectivity index (χ0) is 19.9. The summed E-state index contributed by atoms with van der Waals surface area (Å²) in [6.45, 7) is 3.57. The number of aliphatic imine (C=N–C) groups is 1. The monoisotopic (exact) mass is 387 g/mol. The van der Waals surface area contributed by atoms with Gasteiger partial charge in [0.1, 0.15) is 17.1 Å². The molecule has 0 bridgehead atoms. The molecule has 0 fully saturated rings. The van der Waals surface area contributed by atoms with E-state index in [0.717, 1.165) is 11.8 Å². The number of unbranched alkanes of at least 4 members (excludes halogenated alkanes) is 1. The summed E-state index contributed by atoms with van der Waals surface area (Å²) in [6, 6.07) is -2.38. The summed E-state index contributed by atoms with van der Waals surface area (Å²) >= 11 is 1.08. The Hall–Kier alpha value is -2.40. The van der Waals surface area contributed by atoms with Gasteiger partial charge in [-0.2, -0.15) is 0 Å². The Morgan fingerprint density at radius 3 is 2.42 bits per heavy atom. The molecule has 10 nitrogen and oxygen atoms in total. The van der Waals surface area contributed by atoms with E-state index in [0.29, 0.717) is 12.8 Å². The number of nitrogens with one attached hydrogen (secondary N) is 1. The van der Waals surface area contributed by atoms with E-state index < -0.39 is 41.3 Å². The zero-order valence-electron chi connectivity index (χ0n) is 13.9. The van der Waals surface area contributed by atoms with Gasteiger partial charge in [-0.15, -0.1) is 11.8 Å². The molecular weight excluding hydrogens is 366 g/mol. The second kappa shape index (κ2) is 9.92. The maximum atomic E-state index is 11.9. The Morgan fingerprint density at radius 2 is 1.88 bits per heavy atom. The molecule has 1 amide bonds. The number of carboxylic acids is 3. The van der Waals surface area contributed by atoms with Crippen LogP contribution in [-0.4, -0.2) is 68.1 Å². The van der Waals surface area contributed by atoms with Crippen LogP contribution in [0.4, 0.5) is 0 Å². The molecule has 1 rings (SSSR count). The number of hydrogen-bond acceptors (Lipinski definition) is 7. The van der Waals surface area contributed by atoms with E-state index in [1.165, 1.54) is 0 Å². The molecule has 0 aliphatic carbocycles. The van der Waals surface area contributed by atoms with Gasteiger partial charge in [0.2, 0.25) is 5.91 Å². The molecule has 1 heterocycles. The summed E-state index contributed by atoms with van der Waals surface area (Å²) in [4.78, 5) is 49.0. The van der Waals surface area contributed by atoms with Gasteiger partial charge in [-0.1, -0.05) is 13.0 Å². The maximum Gasteiger partial charge on any atom is 0.354 e. The number of carbonyl (C=O) groups excluding carboxylic acids is 1. The first kappa shape index (κ1) is 21.6. The lowest BCUT2D eigenvalue weighted by atomic mass is 10.1. The summed E-state index contributed by atoms with van der Waals surface area (Å²) in [5, 5.41) is 28.4. The standard InChI is InChI=1S/C15H21N3O7S/c1-7-6-26-12(18-10(7)14(22)23)11(15(24)25)17-9(19)5-3-2-4-8(16)13(20)21/h8,11-12H,1-6,16H2,(H,17,19)(H,20,21)(H,22,23)(H,24,25)/t8-,11+,12-/m1/s1. The molecule has 0 saturated heterocycles. The van der Waals surface area contributed by atoms with Crippen molar-refractivity contribution in [1.82, 2.24) is 5.32 Å². The maximum absolute atomic E-state index is 11.9. The minimum atomic E-state index is -1.38. The van der Waals surface area contributed by atoms with Crippen molar-refractivity contribution in [3.05, 3.63) is 12.2 Å². The molecule has 3 atom stereocenters. The topological polar surface area (TPSA) is 179 Å². The van der Waals surface area contributed by atoms with Gasteiger partial charge < -0.3 is 26.4 Å². The molecular formula is C15H21N3O7S. The molecule has 0 aromatic heterocycles. The lowest BCUT2D eigenvalue weighted by Crippen LogP contribution is -2.48. The van der Waals surface area contributed by atoms with E-state index in [4.69, 9.17) is 15.9 Å². The minimum absolute atomic E-state index is 0.00425. The molecule has 0 saturated carbocycles. The third-order valence-electron chi connectivity index (χ3n) is 3.58. The van der Waals surface area contributed by atoms with Gasteiger partial charge >= 0.3 is 17.9 Å². The third kappa shape index (κ3) is 6.48. The highest BCUT2D eigenvalue weighted by molar-refractivity contribution is 8.00. The highest BCUT2D eigenvalue weighted by Crippen LogP contribution is 2.26. The van der Waals surface area contributed by atoms with Gasteiger partial charge in [-0.25, -0.2) is 9.59 Å². The quantitative estimate of drug-likeness (QED) is 0.314. The van der Waals surface area contributed by atoms with Gasteiger partial charge in [0.15, 0.2) is 6.04 Å². The van der Waals surface area contributed by atoms with Crippen molar-refractivity contribution in [3.8, 4) is 0 Å². The molecule has 0 aromatic rings. The lowest BCUT2D eigenvalue weighted by molar-refractivity contribution is -0.142. The van der Waals surface area contributed by atoms with Crippen LogP contribution in [0.3, 0.4) is 0 Å². The van der Waals surface area contributed by atoms with Crippen LogP contribution in [0.15, 0.2) is 17.1 Å². The number of nitrogens with zero attached hydrogens (tertiary/aromatic N) is 1. The zero-order valence-corrected chi connectivity index (χ0v) is 14.7. The van der Waals surface area contributed by atoms with Gasteiger partial charge in [0, 0.05) is 12.2 Å². The van der Waals surface area contributed by atoms with E-state index in [1.54, 1.807) is 0 Å². The van der Waals surface area contributed by atoms with Gasteiger partial charge in [-0.05, 0) is 18.4 Å². The van der Waals surface area contributed by atoms with Crippen LogP contribution in [0, 0.1) is 0 Å². The van der Waals surface area contributed by atoms with E-state index in [-0.39, 0.29) is 29.9 Å². The van der Waals surface area contributed by atoms with Gasteiger partial charge in [0.05, 0.1) is 0 Å². The first-order chi connectivity index (χ1) is 12.1. The second-order valence-electron chi connectivity index (χ2n) is 5.66. The molecule has 11 heteroatoms. The SMILES string of the molecule is C=C1CS[C@H]([C@H](NC(=O)CCCC[C@@H](N)C(=O)O)C(=O)O)N=C1C(=O)O. The highest BCUT2D eigenvalue weighted by Gasteiger charge is 2.34. The molecule has 1 aliphatic heterocycles. The fourth-order valence-electron chi connectivity index (χ4n) is 2.16. The van der Waals surface area contributed by atoms with Crippen molar-refractivity contribution < 1.29 is 34.5 Å². The number of aliphatic carboxylic acids is 3. The number of thioether (sulfide) groups is 1. The molecule has 6 N–H and O–H groups in total. The first-order valence-corrected chi connectivity index (χ1v) is 8.79. The fourth-order valence-corrected chi connectivity index (χ4v) is 3.23. The second-order valence-corrected chi connectivity index (χ2v) is 6.77. The first-order valence-electron chi connectivity index (χ1n) is 7.75. The molecule has 0 radical (unpaired) electrons. The van der Waals surface area contributed by atoms with Gasteiger partial charge in [-0.3, -0.25) is 14.6 Å². The summed E-state index contributed by atoms with van der Waals surface area (Å²) in [6.07, 6.45) is 0.947. The average molecular weight is 387 g/mol. The smallest absolute Gasteiger partial charge is 0.354 e. The highest BCUT2D eigenvalue weighted by atomic mass is 32.2. The number of nitrogens with two attached hydrogens (primary N) is 1. The van der Waals surface area contributed by atoms with Crippen LogP contribution < -0.4 is 11.1 Å². The minimum Gasteiger partial charge on any atom is -0.480 e. The Labute approximate surface area is 153 Å². The normalized spacial score (nSPS) is 19.2. The molecule has 1 aliphatic rings. The van der Waals surface area contributed by atoms with Crippen LogP contribution in [0.5, 0.6) is 0 Å². The lowest BCUT2D eigenvalue weighted by Gasteiger charge is -2.25. The number of carboxylic acid groups (broad SMARTS) is 3. The number of carbonyl (C=O) groups is 4. The number of hydrogen-bond donors (Lipinski definition) is 5. The predicted molar refractivity (Wildman–Crippen MR) is 94.1 cm³/mol. The molecule has 144 valence electrons. The molecule has 0 aromatic carbocycles. The summed E-state index contributed by atoms with van der Waals surface area (Å²) in [5.74, 6) is -4.10. The Balaban J connectivity index is 2.61. The number of rotatable bonds is 10. The van der Waals surface area contributed by atoms with E-state index in [1.807, 2.05) is 0 Å². The summed E-state index contributed by atoms with van der Waals surface area (Å²) in [7, 11) is 0. The summed E-state index contributed by atoms with van der Waals surface area (Å²) < 4.78 is 0. The Bertz CT molecular complexity index is 635. The predicted octanol–water partition coefficient (Wildman–Crippen LogP) is -0.317. The fraction of sp³-hybridized carbons (Fsp3) is 0.533. The van der Waals surface area contributed by atoms with Crippen molar-refractivity contribution in [2.45, 2.75) is 43.1 Å². The molecule has 0 unspecified atom stereocenters. The van der Waals surface area contributed by atoms with E-state index >= 15 is 0 Å². The van der Waals surface area contributed by atoms with Crippen LogP contribution >= 0.6 is 11.8 Å². The Morgan fingerprint density at radius 1 is 1.23 bits per heavy atom. The van der Waals surface area contributed by atoms with Crippen molar-refractivity contribution >= 4 is 41.3 Å². The van der Waals surface area contributed by atoms with Crippen LogP contribution in [-0.2, 0) is 19.2 Å². The Kier molecular flexibility index (Phi) is 8.26. The van der Waals surface area contributed by atoms with Crippen molar-refractivity contribution in [2.75, 3.05) is 5.75 Å². The van der Waals surface area contributed by atoms with E-state index in [9.17, 15) is 24.3 Å². The largest absolute Gasteiger partial charge is 0.480 e. The van der Waals surface area contributed by atoms with Crippen molar-refractivity contribution in [3.63, 3.8) is 0 Å². The van der Waals surface area contributed by atoms with Crippen LogP contribution in [0.1, 0.15) is 25.7 Å². The van der Waals surface area contributed by atoms with Crippen LogP contribution in [0.2, 0.25) is 0 Å². The average Bonchev–Trinajstić information content (AvgIpc) is 2.56. The molecule has 0 spiro atoms.